The Hall–Kier alpha value is -2.25. The van der Waals surface area contributed by atoms with Crippen molar-refractivity contribution in [3.8, 4) is 21.3 Å². The van der Waals surface area contributed by atoms with Crippen LogP contribution in [0.15, 0.2) is 28.7 Å². The lowest BCUT2D eigenvalue weighted by molar-refractivity contribution is 0.315. The highest BCUT2D eigenvalue weighted by molar-refractivity contribution is 7.18. The van der Waals surface area contributed by atoms with Crippen LogP contribution in [0.5, 0.6) is 0 Å². The van der Waals surface area contributed by atoms with Gasteiger partial charge in [0.05, 0.1) is 5.69 Å². The monoisotopic (exact) mass is 411 g/mol. The number of rotatable bonds is 4. The molecule has 0 bridgehead atoms. The van der Waals surface area contributed by atoms with Gasteiger partial charge in [-0.15, -0.1) is 16.4 Å². The molecule has 4 rings (SSSR count). The molecular weight excluding hydrogens is 382 g/mol. The van der Waals surface area contributed by atoms with E-state index >= 15 is 0 Å². The Labute approximate surface area is 176 Å². The zero-order valence-corrected chi connectivity index (χ0v) is 18.9. The summed E-state index contributed by atoms with van der Waals surface area (Å²) in [6.45, 7) is 10.5. The molecule has 1 saturated heterocycles. The summed E-state index contributed by atoms with van der Waals surface area (Å²) in [7, 11) is 4.23. The van der Waals surface area contributed by atoms with Gasteiger partial charge in [0.1, 0.15) is 9.88 Å². The van der Waals surface area contributed by atoms with Crippen LogP contribution in [0.25, 0.3) is 21.3 Å². The molecule has 0 spiro atoms. The summed E-state index contributed by atoms with van der Waals surface area (Å²) >= 11 is 1.61. The first-order valence-electron chi connectivity index (χ1n) is 10.1. The number of likely N-dealkylation sites (N-methyl/N-ethyl adjacent to an activating group) is 1. The van der Waals surface area contributed by atoms with Gasteiger partial charge in [0.25, 0.3) is 5.89 Å². The Morgan fingerprint density at radius 3 is 2.48 bits per heavy atom. The van der Waals surface area contributed by atoms with E-state index < -0.39 is 0 Å². The summed E-state index contributed by atoms with van der Waals surface area (Å²) in [4.78, 5) is 10.1. The third-order valence-corrected chi connectivity index (χ3v) is 6.76. The average Bonchev–Trinajstić information content (AvgIpc) is 3.39. The molecular formula is C22H29N5OS. The minimum atomic E-state index is 0.143. The Morgan fingerprint density at radius 2 is 1.86 bits per heavy atom. The molecule has 1 aliphatic heterocycles. The highest BCUT2D eigenvalue weighted by Gasteiger charge is 2.28. The SMILES string of the molecule is Cc1nc(-c2ccc(C(C)(C)C)cc2)sc1-c1nnc(N2CC[C@@H](N(C)C)C2)o1. The van der Waals surface area contributed by atoms with Gasteiger partial charge < -0.3 is 14.2 Å². The predicted molar refractivity (Wildman–Crippen MR) is 119 cm³/mol. The van der Waals surface area contributed by atoms with Crippen LogP contribution in [0.1, 0.15) is 38.4 Å². The fourth-order valence-electron chi connectivity index (χ4n) is 3.60. The maximum atomic E-state index is 6.03. The number of nitrogens with zero attached hydrogens (tertiary/aromatic N) is 5. The van der Waals surface area contributed by atoms with E-state index in [4.69, 9.17) is 9.40 Å². The van der Waals surface area contributed by atoms with Gasteiger partial charge in [0, 0.05) is 24.7 Å². The van der Waals surface area contributed by atoms with Gasteiger partial charge in [0.2, 0.25) is 0 Å². The van der Waals surface area contributed by atoms with Gasteiger partial charge in [-0.3, -0.25) is 0 Å². The van der Waals surface area contributed by atoms with Crippen molar-refractivity contribution in [2.75, 3.05) is 32.1 Å². The van der Waals surface area contributed by atoms with E-state index in [0.29, 0.717) is 17.9 Å². The molecule has 6 nitrogen and oxygen atoms in total. The van der Waals surface area contributed by atoms with Gasteiger partial charge in [-0.25, -0.2) is 4.98 Å². The van der Waals surface area contributed by atoms with Gasteiger partial charge in [-0.05, 0) is 38.4 Å². The highest BCUT2D eigenvalue weighted by atomic mass is 32.1. The molecule has 3 aromatic rings. The van der Waals surface area contributed by atoms with Gasteiger partial charge in [-0.2, -0.15) is 0 Å². The minimum Gasteiger partial charge on any atom is -0.402 e. The number of hydrogen-bond donors (Lipinski definition) is 0. The van der Waals surface area contributed by atoms with Gasteiger partial charge in [-0.1, -0.05) is 50.1 Å². The number of anilines is 1. The molecule has 3 heterocycles. The second-order valence-corrected chi connectivity index (χ2v) is 10.0. The normalized spacial score (nSPS) is 17.5. The third-order valence-electron chi connectivity index (χ3n) is 5.57. The molecule has 2 aromatic heterocycles. The van der Waals surface area contributed by atoms with Gasteiger partial charge in [0.15, 0.2) is 0 Å². The maximum absolute atomic E-state index is 6.03. The quantitative estimate of drug-likeness (QED) is 0.625. The van der Waals surface area contributed by atoms with Crippen LogP contribution in [0.4, 0.5) is 6.01 Å². The summed E-state index contributed by atoms with van der Waals surface area (Å²) in [5.41, 5.74) is 3.50. The van der Waals surface area contributed by atoms with Crippen molar-refractivity contribution in [2.45, 2.75) is 45.6 Å². The molecule has 7 heteroatoms. The van der Waals surface area contributed by atoms with Crippen molar-refractivity contribution in [1.29, 1.82) is 0 Å². The Morgan fingerprint density at radius 1 is 1.14 bits per heavy atom. The summed E-state index contributed by atoms with van der Waals surface area (Å²) in [5.74, 6) is 0.556. The lowest BCUT2D eigenvalue weighted by Crippen LogP contribution is -2.31. The minimum absolute atomic E-state index is 0.143. The molecule has 0 N–H and O–H groups in total. The first-order valence-corrected chi connectivity index (χ1v) is 10.9. The predicted octanol–water partition coefficient (Wildman–Crippen LogP) is 4.61. The number of thiazole rings is 1. The number of aryl methyl sites for hydroxylation is 1. The second-order valence-electron chi connectivity index (χ2n) is 9.00. The lowest BCUT2D eigenvalue weighted by Gasteiger charge is -2.18. The molecule has 0 saturated carbocycles. The smallest absolute Gasteiger partial charge is 0.318 e. The molecule has 1 aliphatic rings. The summed E-state index contributed by atoms with van der Waals surface area (Å²) in [5, 5.41) is 9.59. The molecule has 1 atom stereocenters. The number of aromatic nitrogens is 3. The standard InChI is InChI=1S/C22H29N5OS/c1-14-18(19-24-25-21(28-19)27-12-11-17(13-27)26(5)6)29-20(23-14)15-7-9-16(10-8-15)22(2,3)4/h7-10,17H,11-13H2,1-6H3/t17-/m1/s1. The Kier molecular flexibility index (Phi) is 5.21. The van der Waals surface area contributed by atoms with Crippen molar-refractivity contribution >= 4 is 17.4 Å². The molecule has 154 valence electrons. The highest BCUT2D eigenvalue weighted by Crippen LogP contribution is 2.36. The molecule has 0 unspecified atom stereocenters. The molecule has 1 fully saturated rings. The fraction of sp³-hybridized carbons (Fsp3) is 0.500. The molecule has 0 amide bonds. The number of benzene rings is 1. The van der Waals surface area contributed by atoms with Crippen molar-refractivity contribution in [3.63, 3.8) is 0 Å². The largest absolute Gasteiger partial charge is 0.402 e. The maximum Gasteiger partial charge on any atom is 0.318 e. The summed E-state index contributed by atoms with van der Waals surface area (Å²) in [6, 6.07) is 9.79. The van der Waals surface area contributed by atoms with E-state index in [2.05, 4.69) is 79.1 Å². The van der Waals surface area contributed by atoms with Crippen molar-refractivity contribution in [3.05, 3.63) is 35.5 Å². The third kappa shape index (κ3) is 4.07. The first kappa shape index (κ1) is 20.0. The van der Waals surface area contributed by atoms with Crippen molar-refractivity contribution in [1.82, 2.24) is 20.1 Å². The lowest BCUT2D eigenvalue weighted by atomic mass is 9.87. The van der Waals surface area contributed by atoms with E-state index in [1.54, 1.807) is 11.3 Å². The van der Waals surface area contributed by atoms with Crippen LogP contribution in [0, 0.1) is 6.92 Å². The molecule has 0 radical (unpaired) electrons. The van der Waals surface area contributed by atoms with E-state index in [9.17, 15) is 0 Å². The average molecular weight is 412 g/mol. The molecule has 1 aromatic carbocycles. The van der Waals surface area contributed by atoms with Crippen LogP contribution < -0.4 is 4.90 Å². The van der Waals surface area contributed by atoms with E-state index in [-0.39, 0.29) is 5.41 Å². The molecule has 29 heavy (non-hydrogen) atoms. The zero-order valence-electron chi connectivity index (χ0n) is 18.1. The van der Waals surface area contributed by atoms with Crippen molar-refractivity contribution in [2.24, 2.45) is 0 Å². The first-order chi connectivity index (χ1) is 13.7. The Balaban J connectivity index is 1.55. The van der Waals surface area contributed by atoms with E-state index in [1.807, 2.05) is 6.92 Å². The molecule has 0 aliphatic carbocycles. The zero-order chi connectivity index (χ0) is 20.8. The van der Waals surface area contributed by atoms with E-state index in [0.717, 1.165) is 40.7 Å². The topological polar surface area (TPSA) is 58.3 Å². The van der Waals surface area contributed by atoms with Gasteiger partial charge >= 0.3 is 6.01 Å². The van der Waals surface area contributed by atoms with Crippen LogP contribution >= 0.6 is 11.3 Å². The Bertz CT molecular complexity index is 984. The van der Waals surface area contributed by atoms with Crippen LogP contribution in [-0.2, 0) is 5.41 Å². The van der Waals surface area contributed by atoms with Crippen LogP contribution in [0.2, 0.25) is 0 Å². The summed E-state index contributed by atoms with van der Waals surface area (Å²) in [6.07, 6.45) is 1.11. The van der Waals surface area contributed by atoms with Crippen LogP contribution in [-0.4, -0.2) is 53.3 Å². The summed E-state index contributed by atoms with van der Waals surface area (Å²) < 4.78 is 6.03. The van der Waals surface area contributed by atoms with E-state index in [1.165, 1.54) is 5.56 Å². The van der Waals surface area contributed by atoms with Crippen LogP contribution in [0.3, 0.4) is 0 Å². The fourth-order valence-corrected chi connectivity index (χ4v) is 4.60. The second kappa shape index (κ2) is 7.54. The van der Waals surface area contributed by atoms with Crippen molar-refractivity contribution < 1.29 is 4.42 Å². The number of hydrogen-bond acceptors (Lipinski definition) is 7.